The highest BCUT2D eigenvalue weighted by molar-refractivity contribution is 5.93. The summed E-state index contributed by atoms with van der Waals surface area (Å²) in [6.07, 6.45) is 1.96. The Morgan fingerprint density at radius 2 is 1.90 bits per heavy atom. The van der Waals surface area contributed by atoms with Gasteiger partial charge in [0.2, 0.25) is 5.91 Å². The van der Waals surface area contributed by atoms with Crippen LogP contribution in [0.4, 0.5) is 17.3 Å². The van der Waals surface area contributed by atoms with Crippen molar-refractivity contribution < 1.29 is 4.79 Å². The molecule has 20 heavy (non-hydrogen) atoms. The van der Waals surface area contributed by atoms with Gasteiger partial charge in [-0.2, -0.15) is 0 Å². The predicted octanol–water partition coefficient (Wildman–Crippen LogP) is 2.88. The number of carbonyl (C=O) groups excluding carboxylic acids is 1. The van der Waals surface area contributed by atoms with Crippen molar-refractivity contribution in [2.75, 3.05) is 10.6 Å². The highest BCUT2D eigenvalue weighted by Crippen LogP contribution is 2.29. The minimum Gasteiger partial charge on any atom is -0.339 e. The first kappa shape index (κ1) is 12.6. The summed E-state index contributed by atoms with van der Waals surface area (Å²) >= 11 is 0. The van der Waals surface area contributed by atoms with E-state index < -0.39 is 0 Å². The summed E-state index contributed by atoms with van der Waals surface area (Å²) in [6, 6.07) is 11.6. The third kappa shape index (κ3) is 3.12. The van der Waals surface area contributed by atoms with Gasteiger partial charge in [0.1, 0.15) is 0 Å². The standard InChI is InChI=1S/C15H16N4O/c1-10-3-2-4-12(9-10)16-13-7-8-14(19-18-13)17-15(20)11-5-6-11/h2-4,7-9,11H,5-6H2,1H3,(H,16,18)(H,17,19,20). The first-order chi connectivity index (χ1) is 9.70. The molecule has 2 N–H and O–H groups in total. The lowest BCUT2D eigenvalue weighted by atomic mass is 10.2. The Bertz CT molecular complexity index is 620. The number of benzene rings is 1. The van der Waals surface area contributed by atoms with Crippen molar-refractivity contribution in [2.24, 2.45) is 5.92 Å². The molecule has 0 unspecified atom stereocenters. The smallest absolute Gasteiger partial charge is 0.228 e. The summed E-state index contributed by atoms with van der Waals surface area (Å²) in [5.74, 6) is 1.36. The van der Waals surface area contributed by atoms with E-state index in [1.807, 2.05) is 31.2 Å². The van der Waals surface area contributed by atoms with Crippen LogP contribution >= 0.6 is 0 Å². The molecule has 1 amide bonds. The Labute approximate surface area is 117 Å². The van der Waals surface area contributed by atoms with Crippen LogP contribution in [-0.2, 0) is 4.79 Å². The van der Waals surface area contributed by atoms with Gasteiger partial charge in [-0.15, -0.1) is 10.2 Å². The molecule has 1 fully saturated rings. The van der Waals surface area contributed by atoms with Crippen molar-refractivity contribution in [1.29, 1.82) is 0 Å². The van der Waals surface area contributed by atoms with Gasteiger partial charge in [0.25, 0.3) is 0 Å². The second kappa shape index (κ2) is 5.28. The largest absolute Gasteiger partial charge is 0.339 e. The van der Waals surface area contributed by atoms with Crippen molar-refractivity contribution in [3.63, 3.8) is 0 Å². The van der Waals surface area contributed by atoms with E-state index >= 15 is 0 Å². The summed E-state index contributed by atoms with van der Waals surface area (Å²) in [5, 5.41) is 14.0. The third-order valence-corrected chi connectivity index (χ3v) is 3.15. The Morgan fingerprint density at radius 1 is 1.15 bits per heavy atom. The first-order valence-electron chi connectivity index (χ1n) is 6.69. The molecule has 1 aromatic heterocycles. The van der Waals surface area contributed by atoms with Crippen LogP contribution < -0.4 is 10.6 Å². The number of nitrogens with one attached hydrogen (secondary N) is 2. The number of nitrogens with zero attached hydrogens (tertiary/aromatic N) is 2. The lowest BCUT2D eigenvalue weighted by Crippen LogP contribution is -2.14. The Morgan fingerprint density at radius 3 is 2.55 bits per heavy atom. The van der Waals surface area contributed by atoms with Gasteiger partial charge in [-0.1, -0.05) is 12.1 Å². The number of amides is 1. The van der Waals surface area contributed by atoms with Crippen molar-refractivity contribution >= 4 is 23.2 Å². The average molecular weight is 268 g/mol. The van der Waals surface area contributed by atoms with E-state index in [4.69, 9.17) is 0 Å². The summed E-state index contributed by atoms with van der Waals surface area (Å²) in [7, 11) is 0. The number of hydrogen-bond donors (Lipinski definition) is 2. The molecule has 1 aliphatic carbocycles. The van der Waals surface area contributed by atoms with E-state index in [0.29, 0.717) is 11.6 Å². The molecule has 102 valence electrons. The summed E-state index contributed by atoms with van der Waals surface area (Å²) in [6.45, 7) is 2.04. The molecule has 5 nitrogen and oxygen atoms in total. The van der Waals surface area contributed by atoms with Crippen molar-refractivity contribution in [1.82, 2.24) is 10.2 Å². The monoisotopic (exact) mass is 268 g/mol. The Kier molecular flexibility index (Phi) is 3.33. The minimum absolute atomic E-state index is 0.0405. The quantitative estimate of drug-likeness (QED) is 0.894. The zero-order valence-electron chi connectivity index (χ0n) is 11.3. The van der Waals surface area contributed by atoms with E-state index in [1.54, 1.807) is 12.1 Å². The molecule has 1 heterocycles. The van der Waals surface area contributed by atoms with E-state index in [1.165, 1.54) is 5.56 Å². The molecule has 0 aliphatic heterocycles. The number of anilines is 3. The van der Waals surface area contributed by atoms with Gasteiger partial charge in [-0.05, 0) is 49.6 Å². The normalized spacial score (nSPS) is 13.8. The molecular formula is C15H16N4O. The molecule has 0 saturated heterocycles. The van der Waals surface area contributed by atoms with E-state index in [-0.39, 0.29) is 11.8 Å². The fraction of sp³-hybridized carbons (Fsp3) is 0.267. The highest BCUT2D eigenvalue weighted by Gasteiger charge is 2.29. The lowest BCUT2D eigenvalue weighted by molar-refractivity contribution is -0.117. The maximum Gasteiger partial charge on any atom is 0.228 e. The van der Waals surface area contributed by atoms with Crippen LogP contribution in [0.15, 0.2) is 36.4 Å². The van der Waals surface area contributed by atoms with E-state index in [2.05, 4.69) is 20.8 Å². The van der Waals surface area contributed by atoms with Gasteiger partial charge in [-0.3, -0.25) is 4.79 Å². The lowest BCUT2D eigenvalue weighted by Gasteiger charge is -2.07. The van der Waals surface area contributed by atoms with Crippen LogP contribution in [0.25, 0.3) is 0 Å². The number of rotatable bonds is 4. The fourth-order valence-electron chi connectivity index (χ4n) is 1.91. The van der Waals surface area contributed by atoms with E-state index in [0.717, 1.165) is 18.5 Å². The Balaban J connectivity index is 1.65. The SMILES string of the molecule is Cc1cccc(Nc2ccc(NC(=O)C3CC3)nn2)c1. The number of aryl methyl sites for hydroxylation is 1. The summed E-state index contributed by atoms with van der Waals surface area (Å²) in [4.78, 5) is 11.6. The van der Waals surface area contributed by atoms with Gasteiger partial charge >= 0.3 is 0 Å². The second-order valence-corrected chi connectivity index (χ2v) is 5.06. The molecule has 0 atom stereocenters. The number of carbonyl (C=O) groups is 1. The molecule has 2 aromatic rings. The predicted molar refractivity (Wildman–Crippen MR) is 77.8 cm³/mol. The van der Waals surface area contributed by atoms with Crippen LogP contribution in [0, 0.1) is 12.8 Å². The van der Waals surface area contributed by atoms with Crippen molar-refractivity contribution in [3.8, 4) is 0 Å². The minimum atomic E-state index is 0.0405. The number of aromatic nitrogens is 2. The van der Waals surface area contributed by atoms with Crippen LogP contribution in [0.5, 0.6) is 0 Å². The molecule has 0 spiro atoms. The molecule has 1 aliphatic rings. The van der Waals surface area contributed by atoms with Crippen LogP contribution in [0.2, 0.25) is 0 Å². The van der Waals surface area contributed by atoms with Gasteiger partial charge in [-0.25, -0.2) is 0 Å². The molecule has 1 aromatic carbocycles. The van der Waals surface area contributed by atoms with Gasteiger partial charge in [0.15, 0.2) is 11.6 Å². The van der Waals surface area contributed by atoms with Gasteiger partial charge in [0, 0.05) is 11.6 Å². The topological polar surface area (TPSA) is 66.9 Å². The third-order valence-electron chi connectivity index (χ3n) is 3.15. The van der Waals surface area contributed by atoms with Crippen LogP contribution in [0.3, 0.4) is 0 Å². The van der Waals surface area contributed by atoms with Crippen LogP contribution in [0.1, 0.15) is 18.4 Å². The molecule has 0 bridgehead atoms. The maximum absolute atomic E-state index is 11.6. The molecule has 3 rings (SSSR count). The molecule has 0 radical (unpaired) electrons. The van der Waals surface area contributed by atoms with Gasteiger partial charge in [0.05, 0.1) is 0 Å². The number of hydrogen-bond acceptors (Lipinski definition) is 4. The molecular weight excluding hydrogens is 252 g/mol. The average Bonchev–Trinajstić information content (AvgIpc) is 3.25. The Hall–Kier alpha value is -2.43. The van der Waals surface area contributed by atoms with Crippen molar-refractivity contribution in [3.05, 3.63) is 42.0 Å². The van der Waals surface area contributed by atoms with Crippen LogP contribution in [-0.4, -0.2) is 16.1 Å². The fourth-order valence-corrected chi connectivity index (χ4v) is 1.91. The maximum atomic E-state index is 11.6. The van der Waals surface area contributed by atoms with E-state index in [9.17, 15) is 4.79 Å². The molecule has 1 saturated carbocycles. The second-order valence-electron chi connectivity index (χ2n) is 5.06. The summed E-state index contributed by atoms with van der Waals surface area (Å²) < 4.78 is 0. The molecule has 5 heteroatoms. The zero-order chi connectivity index (χ0) is 13.9. The van der Waals surface area contributed by atoms with Crippen molar-refractivity contribution in [2.45, 2.75) is 19.8 Å². The zero-order valence-corrected chi connectivity index (χ0v) is 11.3. The first-order valence-corrected chi connectivity index (χ1v) is 6.69. The summed E-state index contributed by atoms with van der Waals surface area (Å²) in [5.41, 5.74) is 2.14. The highest BCUT2D eigenvalue weighted by atomic mass is 16.2. The van der Waals surface area contributed by atoms with Gasteiger partial charge < -0.3 is 10.6 Å².